The van der Waals surface area contributed by atoms with Gasteiger partial charge in [0.05, 0.1) is 0 Å². The fourth-order valence-electron chi connectivity index (χ4n) is 2.58. The molecule has 0 amide bonds. The van der Waals surface area contributed by atoms with Gasteiger partial charge in [-0.05, 0) is 36.2 Å². The van der Waals surface area contributed by atoms with Crippen LogP contribution in [0.3, 0.4) is 0 Å². The topological polar surface area (TPSA) is 21.3 Å². The summed E-state index contributed by atoms with van der Waals surface area (Å²) in [6.07, 6.45) is 0. The molecule has 0 radical (unpaired) electrons. The summed E-state index contributed by atoms with van der Waals surface area (Å²) in [5.41, 5.74) is 4.23. The van der Waals surface area contributed by atoms with Crippen molar-refractivity contribution in [3.05, 3.63) is 101 Å². The van der Waals surface area contributed by atoms with Crippen LogP contribution in [0.15, 0.2) is 72.8 Å². The summed E-state index contributed by atoms with van der Waals surface area (Å²) in [5, 5.41) is 3.43. The highest BCUT2D eigenvalue weighted by Crippen LogP contribution is 2.16. The van der Waals surface area contributed by atoms with E-state index in [9.17, 15) is 4.39 Å². The minimum absolute atomic E-state index is 0. The maximum Gasteiger partial charge on any atom is 0.129 e. The van der Waals surface area contributed by atoms with Crippen LogP contribution < -0.4 is 10.1 Å². The quantitative estimate of drug-likeness (QED) is 0.598. The minimum atomic E-state index is -0.238. The highest BCUT2D eigenvalue weighted by Gasteiger charge is 2.03. The molecule has 0 unspecified atom stereocenters. The van der Waals surface area contributed by atoms with E-state index in [0.29, 0.717) is 5.56 Å². The Labute approximate surface area is 160 Å². The third-order valence-corrected chi connectivity index (χ3v) is 4.03. The first-order valence-corrected chi connectivity index (χ1v) is 8.42. The fourth-order valence-corrected chi connectivity index (χ4v) is 2.58. The van der Waals surface area contributed by atoms with Gasteiger partial charge in [-0.15, -0.1) is 12.4 Å². The molecular formula is C22H23ClFNO. The zero-order valence-corrected chi connectivity index (χ0v) is 15.6. The van der Waals surface area contributed by atoms with Gasteiger partial charge in [0.25, 0.3) is 0 Å². The van der Waals surface area contributed by atoms with E-state index in [1.54, 1.807) is 12.1 Å². The van der Waals surface area contributed by atoms with E-state index in [-0.39, 0.29) is 24.8 Å². The molecule has 0 saturated carbocycles. The second-order valence-electron chi connectivity index (χ2n) is 6.12. The summed E-state index contributed by atoms with van der Waals surface area (Å²) < 4.78 is 19.4. The van der Waals surface area contributed by atoms with Crippen LogP contribution in [0.2, 0.25) is 0 Å². The average molecular weight is 372 g/mol. The average Bonchev–Trinajstić information content (AvgIpc) is 2.63. The largest absolute Gasteiger partial charge is 0.489 e. The Kier molecular flexibility index (Phi) is 7.64. The molecule has 4 heteroatoms. The van der Waals surface area contributed by atoms with Gasteiger partial charge in [-0.2, -0.15) is 0 Å². The summed E-state index contributed by atoms with van der Waals surface area (Å²) in [7, 11) is 0. The number of aryl methyl sites for hydroxylation is 1. The van der Waals surface area contributed by atoms with Gasteiger partial charge < -0.3 is 10.1 Å². The molecule has 1 N–H and O–H groups in total. The highest BCUT2D eigenvalue weighted by molar-refractivity contribution is 5.85. The summed E-state index contributed by atoms with van der Waals surface area (Å²) in [6.45, 7) is 3.89. The third kappa shape index (κ3) is 5.87. The molecule has 136 valence electrons. The molecule has 0 aliphatic heterocycles. The first-order chi connectivity index (χ1) is 12.2. The molecule has 0 bridgehead atoms. The zero-order valence-electron chi connectivity index (χ0n) is 14.7. The van der Waals surface area contributed by atoms with Crippen molar-refractivity contribution in [2.75, 3.05) is 0 Å². The zero-order chi connectivity index (χ0) is 17.5. The lowest BCUT2D eigenvalue weighted by molar-refractivity contribution is 0.299. The normalized spacial score (nSPS) is 10.2. The number of hydrogen-bond donors (Lipinski definition) is 1. The number of hydrogen-bond acceptors (Lipinski definition) is 2. The number of halogens is 2. The lowest BCUT2D eigenvalue weighted by Gasteiger charge is -2.10. The van der Waals surface area contributed by atoms with E-state index in [4.69, 9.17) is 4.74 Å². The van der Waals surface area contributed by atoms with Gasteiger partial charge in [-0.1, -0.05) is 60.2 Å². The van der Waals surface area contributed by atoms with Crippen molar-refractivity contribution in [1.29, 1.82) is 0 Å². The highest BCUT2D eigenvalue weighted by atomic mass is 35.5. The van der Waals surface area contributed by atoms with Gasteiger partial charge in [0.1, 0.15) is 18.2 Å². The Balaban J connectivity index is 0.00000243. The van der Waals surface area contributed by atoms with Crippen LogP contribution >= 0.6 is 12.4 Å². The van der Waals surface area contributed by atoms with Crippen LogP contribution in [0.5, 0.6) is 5.75 Å². The molecule has 0 saturated heterocycles. The molecule has 0 spiro atoms. The van der Waals surface area contributed by atoms with Crippen molar-refractivity contribution in [3.63, 3.8) is 0 Å². The molecule has 0 fully saturated rings. The minimum Gasteiger partial charge on any atom is -0.489 e. The Morgan fingerprint density at radius 2 is 1.58 bits per heavy atom. The first-order valence-electron chi connectivity index (χ1n) is 8.42. The van der Waals surface area contributed by atoms with E-state index in [2.05, 4.69) is 42.6 Å². The summed E-state index contributed by atoms with van der Waals surface area (Å²) in [6, 6.07) is 23.1. The van der Waals surface area contributed by atoms with Crippen LogP contribution in [0.4, 0.5) is 4.39 Å². The molecule has 0 aliphatic rings. The first kappa shape index (κ1) is 20.0. The molecule has 26 heavy (non-hydrogen) atoms. The van der Waals surface area contributed by atoms with Crippen LogP contribution in [0.1, 0.15) is 22.3 Å². The van der Waals surface area contributed by atoms with Crippen molar-refractivity contribution in [2.24, 2.45) is 0 Å². The Morgan fingerprint density at radius 1 is 0.846 bits per heavy atom. The Morgan fingerprint density at radius 3 is 2.35 bits per heavy atom. The van der Waals surface area contributed by atoms with Gasteiger partial charge >= 0.3 is 0 Å². The number of ether oxygens (including phenoxy) is 1. The monoisotopic (exact) mass is 371 g/mol. The van der Waals surface area contributed by atoms with Gasteiger partial charge in [-0.25, -0.2) is 4.39 Å². The SMILES string of the molecule is Cc1ccc(CNCc2cccc(OCc3ccccc3F)c2)cc1.Cl. The molecule has 0 atom stereocenters. The predicted octanol–water partition coefficient (Wildman–Crippen LogP) is 5.42. The van der Waals surface area contributed by atoms with Gasteiger partial charge in [0.2, 0.25) is 0 Å². The van der Waals surface area contributed by atoms with Crippen molar-refractivity contribution in [3.8, 4) is 5.75 Å². The van der Waals surface area contributed by atoms with E-state index >= 15 is 0 Å². The molecule has 3 rings (SSSR count). The van der Waals surface area contributed by atoms with Crippen molar-refractivity contribution in [2.45, 2.75) is 26.6 Å². The second-order valence-corrected chi connectivity index (χ2v) is 6.12. The molecular weight excluding hydrogens is 349 g/mol. The Bertz CT molecular complexity index is 820. The molecule has 0 aromatic heterocycles. The molecule has 2 nitrogen and oxygen atoms in total. The van der Waals surface area contributed by atoms with Crippen LogP contribution in [0, 0.1) is 12.7 Å². The second kappa shape index (κ2) is 9.95. The maximum atomic E-state index is 13.6. The smallest absolute Gasteiger partial charge is 0.129 e. The standard InChI is InChI=1S/C22H22FNO.ClH/c1-17-9-11-18(12-10-17)14-24-15-19-5-4-7-21(13-19)25-16-20-6-2-3-8-22(20)23;/h2-13,24H,14-16H2,1H3;1H. The van der Waals surface area contributed by atoms with Crippen LogP contribution in [0.25, 0.3) is 0 Å². The van der Waals surface area contributed by atoms with Gasteiger partial charge in [-0.3, -0.25) is 0 Å². The van der Waals surface area contributed by atoms with E-state index < -0.39 is 0 Å². The van der Waals surface area contributed by atoms with Crippen LogP contribution in [-0.2, 0) is 19.7 Å². The molecule has 0 heterocycles. The van der Waals surface area contributed by atoms with Crippen molar-refractivity contribution < 1.29 is 9.13 Å². The van der Waals surface area contributed by atoms with Gasteiger partial charge in [0, 0.05) is 18.7 Å². The number of rotatable bonds is 7. The molecule has 3 aromatic rings. The number of benzene rings is 3. The Hall–Kier alpha value is -2.36. The lowest BCUT2D eigenvalue weighted by atomic mass is 10.1. The maximum absolute atomic E-state index is 13.6. The van der Waals surface area contributed by atoms with Crippen molar-refractivity contribution in [1.82, 2.24) is 5.32 Å². The summed E-state index contributed by atoms with van der Waals surface area (Å²) in [5.74, 6) is 0.510. The van der Waals surface area contributed by atoms with Crippen LogP contribution in [-0.4, -0.2) is 0 Å². The van der Waals surface area contributed by atoms with E-state index in [0.717, 1.165) is 24.4 Å². The molecule has 3 aromatic carbocycles. The van der Waals surface area contributed by atoms with E-state index in [1.807, 2.05) is 24.3 Å². The number of nitrogens with one attached hydrogen (secondary N) is 1. The summed E-state index contributed by atoms with van der Waals surface area (Å²) in [4.78, 5) is 0. The van der Waals surface area contributed by atoms with Crippen molar-refractivity contribution >= 4 is 12.4 Å². The molecule has 0 aliphatic carbocycles. The summed E-state index contributed by atoms with van der Waals surface area (Å²) >= 11 is 0. The lowest BCUT2D eigenvalue weighted by Crippen LogP contribution is -2.12. The van der Waals surface area contributed by atoms with Gasteiger partial charge in [0.15, 0.2) is 0 Å². The fraction of sp³-hybridized carbons (Fsp3) is 0.182. The van der Waals surface area contributed by atoms with E-state index in [1.165, 1.54) is 17.2 Å². The predicted molar refractivity (Wildman–Crippen MR) is 106 cm³/mol. The third-order valence-electron chi connectivity index (χ3n) is 4.03.